The molecule has 4 rings (SSSR count). The van der Waals surface area contributed by atoms with Crippen molar-refractivity contribution in [2.75, 3.05) is 0 Å². The quantitative estimate of drug-likeness (QED) is 0.517. The van der Waals surface area contributed by atoms with Crippen LogP contribution in [0.1, 0.15) is 34.1 Å². The Bertz CT molecular complexity index is 1260. The molecule has 1 aromatic carbocycles. The molecule has 12 heteroatoms. The number of fused-ring (bicyclic) bond motifs is 1. The third kappa shape index (κ3) is 4.34. The molecule has 1 amide bonds. The third-order valence-corrected chi connectivity index (χ3v) is 5.42. The lowest BCUT2D eigenvalue weighted by Crippen LogP contribution is -2.33. The van der Waals surface area contributed by atoms with Gasteiger partial charge in [-0.05, 0) is 19.1 Å². The van der Waals surface area contributed by atoms with Gasteiger partial charge in [0.25, 0.3) is 5.91 Å². The summed E-state index contributed by atoms with van der Waals surface area (Å²) in [6.45, 7) is 0.916. The Labute approximate surface area is 189 Å². The van der Waals surface area contributed by atoms with E-state index in [9.17, 15) is 27.6 Å². The summed E-state index contributed by atoms with van der Waals surface area (Å²) in [6, 6.07) is 5.35. The Kier molecular flexibility index (Phi) is 5.71. The van der Waals surface area contributed by atoms with E-state index in [2.05, 4.69) is 10.1 Å². The molecule has 1 aliphatic heterocycles. The van der Waals surface area contributed by atoms with Crippen LogP contribution in [0.5, 0.6) is 5.75 Å². The van der Waals surface area contributed by atoms with Gasteiger partial charge in [-0.15, -0.1) is 0 Å². The number of pyridine rings is 1. The van der Waals surface area contributed by atoms with Gasteiger partial charge in [-0.25, -0.2) is 9.07 Å². The molecule has 2 aromatic heterocycles. The summed E-state index contributed by atoms with van der Waals surface area (Å²) in [6.07, 6.45) is -2.78. The summed E-state index contributed by atoms with van der Waals surface area (Å²) in [4.78, 5) is 18.3. The highest BCUT2D eigenvalue weighted by Gasteiger charge is 2.39. The first-order valence-corrected chi connectivity index (χ1v) is 9.90. The SMILES string of the molecule is C[C@@H](Oc1ccc(C#N)c(Cl)c1C(=O)N1Cc2cn(-c3cncc(F)c3)nc2C1)C(F)(F)F. The topological polar surface area (TPSA) is 84.0 Å². The second kappa shape index (κ2) is 8.37. The monoisotopic (exact) mass is 479 g/mol. The van der Waals surface area contributed by atoms with Crippen molar-refractivity contribution >= 4 is 17.5 Å². The van der Waals surface area contributed by atoms with Gasteiger partial charge < -0.3 is 9.64 Å². The lowest BCUT2D eigenvalue weighted by molar-refractivity contribution is -0.189. The zero-order valence-corrected chi connectivity index (χ0v) is 17.7. The molecule has 0 fully saturated rings. The molecule has 0 N–H and O–H groups in total. The van der Waals surface area contributed by atoms with Crippen molar-refractivity contribution in [2.24, 2.45) is 0 Å². The first-order chi connectivity index (χ1) is 15.6. The van der Waals surface area contributed by atoms with E-state index in [0.29, 0.717) is 16.9 Å². The van der Waals surface area contributed by atoms with Crippen LogP contribution in [0, 0.1) is 17.1 Å². The Morgan fingerprint density at radius 2 is 2.06 bits per heavy atom. The number of nitrogens with zero attached hydrogens (tertiary/aromatic N) is 5. The van der Waals surface area contributed by atoms with E-state index in [1.54, 1.807) is 12.3 Å². The van der Waals surface area contributed by atoms with Crippen LogP contribution >= 0.6 is 11.6 Å². The number of ether oxygens (including phenoxy) is 1. The molecule has 0 spiro atoms. The van der Waals surface area contributed by atoms with Crippen molar-refractivity contribution in [1.82, 2.24) is 19.7 Å². The average molecular weight is 480 g/mol. The van der Waals surface area contributed by atoms with Gasteiger partial charge >= 0.3 is 6.18 Å². The number of alkyl halides is 3. The number of aromatic nitrogens is 3. The number of nitriles is 1. The highest BCUT2D eigenvalue weighted by molar-refractivity contribution is 6.35. The van der Waals surface area contributed by atoms with Crippen LogP contribution < -0.4 is 4.74 Å². The molecule has 1 atom stereocenters. The molecule has 0 unspecified atom stereocenters. The highest BCUT2D eigenvalue weighted by Crippen LogP contribution is 2.35. The molecule has 7 nitrogen and oxygen atoms in total. The van der Waals surface area contributed by atoms with E-state index in [1.807, 2.05) is 0 Å². The minimum absolute atomic E-state index is 0.0330. The van der Waals surface area contributed by atoms with Crippen LogP contribution in [0.3, 0.4) is 0 Å². The van der Waals surface area contributed by atoms with Gasteiger partial charge in [0.15, 0.2) is 6.10 Å². The molecule has 3 aromatic rings. The van der Waals surface area contributed by atoms with E-state index in [1.165, 1.54) is 27.9 Å². The van der Waals surface area contributed by atoms with E-state index < -0.39 is 24.0 Å². The van der Waals surface area contributed by atoms with Gasteiger partial charge in [-0.1, -0.05) is 11.6 Å². The van der Waals surface area contributed by atoms with Crippen LogP contribution in [0.2, 0.25) is 5.02 Å². The normalized spacial score (nSPS) is 14.0. The summed E-state index contributed by atoms with van der Waals surface area (Å²) in [7, 11) is 0. The largest absolute Gasteiger partial charge is 0.480 e. The number of rotatable bonds is 4. The number of carbonyl (C=O) groups excluding carboxylic acids is 1. The van der Waals surface area contributed by atoms with Crippen molar-refractivity contribution in [3.63, 3.8) is 0 Å². The fourth-order valence-electron chi connectivity index (χ4n) is 3.31. The van der Waals surface area contributed by atoms with Gasteiger partial charge in [0.2, 0.25) is 0 Å². The van der Waals surface area contributed by atoms with Crippen molar-refractivity contribution < 1.29 is 27.1 Å². The smallest absolute Gasteiger partial charge is 0.425 e. The van der Waals surface area contributed by atoms with E-state index in [-0.39, 0.29) is 35.0 Å². The number of carbonyl (C=O) groups is 1. The molecule has 0 saturated heterocycles. The standard InChI is InChI=1S/C21H14ClF4N5O2/c1-11(21(24,25)26)33-17-3-2-12(5-27)19(22)18(17)20(32)30-8-13-9-31(29-16(13)10-30)15-4-14(23)6-28-7-15/h2-4,6-7,9,11H,8,10H2,1H3/t11-/m1/s1. The molecule has 170 valence electrons. The van der Waals surface area contributed by atoms with Gasteiger partial charge in [-0.2, -0.15) is 23.5 Å². The molecular formula is C21H14ClF4N5O2. The highest BCUT2D eigenvalue weighted by atomic mass is 35.5. The second-order valence-corrected chi connectivity index (χ2v) is 7.66. The summed E-state index contributed by atoms with van der Waals surface area (Å²) in [5.74, 6) is -1.62. The summed E-state index contributed by atoms with van der Waals surface area (Å²) in [5, 5.41) is 13.3. The predicted octanol–water partition coefficient (Wildman–Crippen LogP) is 4.42. The predicted molar refractivity (Wildman–Crippen MR) is 107 cm³/mol. The van der Waals surface area contributed by atoms with Crippen molar-refractivity contribution in [1.29, 1.82) is 5.26 Å². The molecule has 33 heavy (non-hydrogen) atoms. The Balaban J connectivity index is 1.62. The average Bonchev–Trinajstić information content (AvgIpc) is 3.32. The summed E-state index contributed by atoms with van der Waals surface area (Å²) in [5.41, 5.74) is 1.16. The van der Waals surface area contributed by atoms with Gasteiger partial charge in [0, 0.05) is 24.4 Å². The van der Waals surface area contributed by atoms with E-state index >= 15 is 0 Å². The van der Waals surface area contributed by atoms with Crippen LogP contribution in [0.4, 0.5) is 17.6 Å². The zero-order valence-electron chi connectivity index (χ0n) is 16.9. The minimum atomic E-state index is -4.67. The van der Waals surface area contributed by atoms with E-state index in [4.69, 9.17) is 16.3 Å². The van der Waals surface area contributed by atoms with Crippen molar-refractivity contribution in [3.05, 3.63) is 70.0 Å². The first kappa shape index (κ1) is 22.5. The maximum Gasteiger partial charge on any atom is 0.425 e. The Morgan fingerprint density at radius 3 is 2.70 bits per heavy atom. The van der Waals surface area contributed by atoms with Crippen LogP contribution in [-0.4, -0.2) is 37.9 Å². The molecule has 0 radical (unpaired) electrons. The van der Waals surface area contributed by atoms with Crippen LogP contribution in [0.25, 0.3) is 5.69 Å². The molecule has 0 aliphatic carbocycles. The molecular weight excluding hydrogens is 466 g/mol. The van der Waals surface area contributed by atoms with Crippen LogP contribution in [0.15, 0.2) is 36.8 Å². The Hall–Kier alpha value is -3.65. The molecule has 0 saturated carbocycles. The molecule has 3 heterocycles. The van der Waals surface area contributed by atoms with Crippen LogP contribution in [-0.2, 0) is 13.1 Å². The first-order valence-electron chi connectivity index (χ1n) is 9.52. The lowest BCUT2D eigenvalue weighted by atomic mass is 10.1. The molecule has 1 aliphatic rings. The number of amides is 1. The van der Waals surface area contributed by atoms with Gasteiger partial charge in [0.1, 0.15) is 23.2 Å². The molecule has 0 bridgehead atoms. The summed E-state index contributed by atoms with van der Waals surface area (Å²) < 4.78 is 58.9. The zero-order chi connectivity index (χ0) is 23.9. The fraction of sp³-hybridized carbons (Fsp3) is 0.238. The van der Waals surface area contributed by atoms with Gasteiger partial charge in [0.05, 0.1) is 40.9 Å². The fourth-order valence-corrected chi connectivity index (χ4v) is 3.59. The lowest BCUT2D eigenvalue weighted by Gasteiger charge is -2.23. The number of halogens is 5. The second-order valence-electron chi connectivity index (χ2n) is 7.28. The number of hydrogen-bond donors (Lipinski definition) is 0. The Morgan fingerprint density at radius 1 is 1.30 bits per heavy atom. The number of benzene rings is 1. The minimum Gasteiger partial charge on any atom is -0.480 e. The van der Waals surface area contributed by atoms with E-state index in [0.717, 1.165) is 19.2 Å². The third-order valence-electron chi connectivity index (χ3n) is 5.02. The summed E-state index contributed by atoms with van der Waals surface area (Å²) >= 11 is 6.20. The van der Waals surface area contributed by atoms with Crippen molar-refractivity contribution in [2.45, 2.75) is 32.3 Å². The maximum absolute atomic E-state index is 13.4. The van der Waals surface area contributed by atoms with Crippen molar-refractivity contribution in [3.8, 4) is 17.5 Å². The maximum atomic E-state index is 13.4. The van der Waals surface area contributed by atoms with Gasteiger partial charge in [-0.3, -0.25) is 9.78 Å². The number of hydrogen-bond acceptors (Lipinski definition) is 5.